The van der Waals surface area contributed by atoms with Crippen molar-refractivity contribution in [1.82, 2.24) is 34.6 Å². The second-order valence-electron chi connectivity index (χ2n) is 13.6. The number of piperidine rings is 3. The van der Waals surface area contributed by atoms with E-state index in [0.717, 1.165) is 38.0 Å². The molecule has 3 aromatic rings. The molecule has 5 aliphatic rings. The first-order valence-electron chi connectivity index (χ1n) is 17.0. The molecule has 2 bridgehead atoms. The van der Waals surface area contributed by atoms with Crippen molar-refractivity contribution in [3.8, 4) is 5.69 Å². The summed E-state index contributed by atoms with van der Waals surface area (Å²) in [5, 5.41) is 6.47. The van der Waals surface area contributed by atoms with Crippen LogP contribution in [0.5, 0.6) is 0 Å². The predicted octanol–water partition coefficient (Wildman–Crippen LogP) is 2.76. The Kier molecular flexibility index (Phi) is 8.93. The Labute approximate surface area is 282 Å². The summed E-state index contributed by atoms with van der Waals surface area (Å²) in [4.78, 5) is 62.8. The normalized spacial score (nSPS) is 25.3. The number of aryl methyl sites for hydroxylation is 1. The van der Waals surface area contributed by atoms with E-state index in [1.54, 1.807) is 42.6 Å². The lowest BCUT2D eigenvalue weighted by Gasteiger charge is -2.44. The van der Waals surface area contributed by atoms with Crippen LogP contribution in [-0.4, -0.2) is 74.0 Å². The van der Waals surface area contributed by atoms with E-state index in [2.05, 4.69) is 20.5 Å². The topological polar surface area (TPSA) is 148 Å². The summed E-state index contributed by atoms with van der Waals surface area (Å²) < 4.78 is 16.3. The summed E-state index contributed by atoms with van der Waals surface area (Å²) in [5.41, 5.74) is 6.91. The molecule has 4 aliphatic heterocycles. The molecule has 0 spiro atoms. The molecule has 3 saturated heterocycles. The molecule has 49 heavy (non-hydrogen) atoms. The maximum absolute atomic E-state index is 14.3. The third kappa shape index (κ3) is 6.67. The smallest absolute Gasteiger partial charge is 0.337 e. The number of carbonyl (C=O) groups excluding carboxylic acids is 2. The van der Waals surface area contributed by atoms with Gasteiger partial charge in [0.1, 0.15) is 11.5 Å². The Morgan fingerprint density at radius 3 is 2.53 bits per heavy atom. The predicted molar refractivity (Wildman–Crippen MR) is 183 cm³/mol. The van der Waals surface area contributed by atoms with E-state index < -0.39 is 29.0 Å². The number of pyridine rings is 1. The fraction of sp³-hybridized carbons (Fsp3) is 0.417. The first-order valence-corrected chi connectivity index (χ1v) is 17.0. The van der Waals surface area contributed by atoms with Crippen LogP contribution in [0.4, 0.5) is 4.39 Å². The van der Waals surface area contributed by atoms with Crippen LogP contribution in [0.1, 0.15) is 60.5 Å². The van der Waals surface area contributed by atoms with Crippen LogP contribution in [0.15, 0.2) is 82.2 Å². The second-order valence-corrected chi connectivity index (χ2v) is 13.6. The molecule has 6 heterocycles. The molecule has 4 N–H and O–H groups in total. The highest BCUT2D eigenvalue weighted by Crippen LogP contribution is 2.29. The van der Waals surface area contributed by atoms with Gasteiger partial charge < -0.3 is 26.2 Å². The summed E-state index contributed by atoms with van der Waals surface area (Å²) in [6.45, 7) is 5.24. The zero-order valence-corrected chi connectivity index (χ0v) is 27.5. The molecule has 256 valence electrons. The molecule has 8 rings (SSSR count). The average Bonchev–Trinajstić information content (AvgIpc) is 3.10. The number of hydrogen-bond donors (Lipinski definition) is 3. The lowest BCUT2D eigenvalue weighted by molar-refractivity contribution is -0.118. The number of benzene rings is 1. The highest BCUT2D eigenvalue weighted by molar-refractivity contribution is 5.95. The quantitative estimate of drug-likeness (QED) is 0.326. The van der Waals surface area contributed by atoms with E-state index in [4.69, 9.17) is 5.73 Å². The third-order valence-electron chi connectivity index (χ3n) is 10.2. The maximum Gasteiger partial charge on any atom is 0.337 e. The SMILES string of the molecule is Cc1cnc2c(c1)c(=O)n(C1CCC(NC(=O)/C(N)=C/N3C=C(F)C=CC3)CC1)c(=O)n2-c1cccc(C(=O)NC2CN3CCC2CC3)c1. The lowest BCUT2D eigenvalue weighted by Crippen LogP contribution is -2.57. The molecule has 1 saturated carbocycles. The molecule has 1 aliphatic carbocycles. The van der Waals surface area contributed by atoms with Crippen LogP contribution >= 0.6 is 0 Å². The van der Waals surface area contributed by atoms with Gasteiger partial charge in [0.05, 0.1) is 11.1 Å². The molecule has 0 radical (unpaired) electrons. The Balaban J connectivity index is 1.12. The van der Waals surface area contributed by atoms with Crippen LogP contribution in [0.3, 0.4) is 0 Å². The van der Waals surface area contributed by atoms with Crippen molar-refractivity contribution in [2.24, 2.45) is 11.7 Å². The maximum atomic E-state index is 14.3. The minimum atomic E-state index is -0.528. The van der Waals surface area contributed by atoms with E-state index in [0.29, 0.717) is 54.8 Å². The largest absolute Gasteiger partial charge is 0.393 e. The standard InChI is InChI=1S/C36H41FN8O4/c1-22-16-29-32(39-18-22)44(28-6-2-4-24(17-28)33(46)41-31-21-42-14-11-23(31)12-15-42)36(49)45(35(29)48)27-9-7-26(8-10-27)40-34(47)30(38)20-43-13-3-5-25(37)19-43/h2-6,16-20,23,26-27,31H,7-15,21,38H2,1H3,(H,40,47)(H,41,46)/b30-20-. The van der Waals surface area contributed by atoms with E-state index in [1.807, 2.05) is 6.92 Å². The number of nitrogens with zero attached hydrogens (tertiary/aromatic N) is 5. The number of nitrogens with one attached hydrogen (secondary N) is 2. The summed E-state index contributed by atoms with van der Waals surface area (Å²) in [6.07, 6.45) is 11.4. The van der Waals surface area contributed by atoms with Gasteiger partial charge in [-0.2, -0.15) is 0 Å². The van der Waals surface area contributed by atoms with Gasteiger partial charge in [-0.15, -0.1) is 0 Å². The van der Waals surface area contributed by atoms with Gasteiger partial charge in [0.25, 0.3) is 17.4 Å². The molecular formula is C36H41FN8O4. The van der Waals surface area contributed by atoms with Crippen molar-refractivity contribution in [3.63, 3.8) is 0 Å². The molecule has 2 amide bonds. The molecule has 1 unspecified atom stereocenters. The number of fused-ring (bicyclic) bond motifs is 4. The van der Waals surface area contributed by atoms with Crippen LogP contribution in [0, 0.1) is 12.8 Å². The van der Waals surface area contributed by atoms with Gasteiger partial charge in [-0.25, -0.2) is 18.7 Å². The summed E-state index contributed by atoms with van der Waals surface area (Å²) >= 11 is 0. The van der Waals surface area contributed by atoms with Gasteiger partial charge in [-0.05, 0) is 100 Å². The van der Waals surface area contributed by atoms with Gasteiger partial charge in [0.2, 0.25) is 0 Å². The Morgan fingerprint density at radius 2 is 1.82 bits per heavy atom. The first-order chi connectivity index (χ1) is 23.6. The first kappa shape index (κ1) is 32.5. The Morgan fingerprint density at radius 1 is 1.04 bits per heavy atom. The van der Waals surface area contributed by atoms with Gasteiger partial charge in [-0.1, -0.05) is 12.1 Å². The fourth-order valence-electron chi connectivity index (χ4n) is 7.65. The number of halogens is 1. The summed E-state index contributed by atoms with van der Waals surface area (Å²) in [5.74, 6) is -0.614. The van der Waals surface area contributed by atoms with Gasteiger partial charge >= 0.3 is 5.69 Å². The number of amides is 2. The van der Waals surface area contributed by atoms with E-state index in [1.165, 1.54) is 32.5 Å². The number of rotatable bonds is 7. The molecule has 12 nitrogen and oxygen atoms in total. The summed E-state index contributed by atoms with van der Waals surface area (Å²) in [6, 6.07) is 8.12. The van der Waals surface area contributed by atoms with Gasteiger partial charge in [-0.3, -0.25) is 19.0 Å². The molecular weight excluding hydrogens is 627 g/mol. The average molecular weight is 669 g/mol. The minimum Gasteiger partial charge on any atom is -0.393 e. The lowest BCUT2D eigenvalue weighted by atomic mass is 9.84. The van der Waals surface area contributed by atoms with E-state index in [-0.39, 0.29) is 29.3 Å². The summed E-state index contributed by atoms with van der Waals surface area (Å²) in [7, 11) is 0. The molecule has 2 aromatic heterocycles. The number of aromatic nitrogens is 3. The second kappa shape index (κ2) is 13.5. The van der Waals surface area contributed by atoms with Crippen LogP contribution in [0.25, 0.3) is 16.7 Å². The minimum absolute atomic E-state index is 0.0439. The van der Waals surface area contributed by atoms with Gasteiger partial charge in [0.15, 0.2) is 5.65 Å². The molecule has 13 heteroatoms. The Hall–Kier alpha value is -5.04. The van der Waals surface area contributed by atoms with Crippen molar-refractivity contribution in [1.29, 1.82) is 0 Å². The van der Waals surface area contributed by atoms with Crippen molar-refractivity contribution >= 4 is 22.8 Å². The Bertz CT molecular complexity index is 2000. The number of nitrogens with two attached hydrogens (primary N) is 1. The number of allylic oxidation sites excluding steroid dienone is 2. The van der Waals surface area contributed by atoms with Crippen molar-refractivity contribution in [2.75, 3.05) is 26.2 Å². The number of carbonyl (C=O) groups is 2. The fourth-order valence-corrected chi connectivity index (χ4v) is 7.65. The highest BCUT2D eigenvalue weighted by atomic mass is 19.1. The van der Waals surface area contributed by atoms with Crippen LogP contribution in [0.2, 0.25) is 0 Å². The molecule has 1 aromatic carbocycles. The van der Waals surface area contributed by atoms with Crippen molar-refractivity contribution < 1.29 is 14.0 Å². The third-order valence-corrected chi connectivity index (χ3v) is 10.2. The molecule has 4 fully saturated rings. The molecule has 1 atom stereocenters. The van der Waals surface area contributed by atoms with Crippen molar-refractivity contribution in [3.05, 3.63) is 105 Å². The van der Waals surface area contributed by atoms with Crippen molar-refractivity contribution in [2.45, 2.75) is 63.6 Å². The van der Waals surface area contributed by atoms with Crippen LogP contribution in [-0.2, 0) is 4.79 Å². The zero-order valence-electron chi connectivity index (χ0n) is 27.5. The number of hydrogen-bond acceptors (Lipinski definition) is 8. The van der Waals surface area contributed by atoms with Gasteiger partial charge in [0, 0.05) is 55.4 Å². The zero-order chi connectivity index (χ0) is 34.2. The monoisotopic (exact) mass is 668 g/mol. The van der Waals surface area contributed by atoms with E-state index >= 15 is 0 Å². The van der Waals surface area contributed by atoms with Crippen LogP contribution < -0.4 is 27.6 Å². The highest BCUT2D eigenvalue weighted by Gasteiger charge is 2.35. The van der Waals surface area contributed by atoms with E-state index in [9.17, 15) is 23.6 Å².